The third-order valence-electron chi connectivity index (χ3n) is 3.97. The molecule has 0 aliphatic heterocycles. The monoisotopic (exact) mass is 426 g/mol. The van der Waals surface area contributed by atoms with Crippen molar-refractivity contribution in [2.75, 3.05) is 12.4 Å². The second kappa shape index (κ2) is 8.68. The molecular formula is C21H19BrN2O3. The van der Waals surface area contributed by atoms with Crippen LogP contribution >= 0.6 is 15.9 Å². The van der Waals surface area contributed by atoms with Crippen molar-refractivity contribution in [3.8, 4) is 11.5 Å². The number of hydrogen-bond acceptors (Lipinski definition) is 4. The van der Waals surface area contributed by atoms with Gasteiger partial charge in [-0.05, 0) is 54.4 Å². The highest BCUT2D eigenvalue weighted by Gasteiger charge is 2.13. The number of rotatable bonds is 6. The van der Waals surface area contributed by atoms with Crippen molar-refractivity contribution in [3.05, 3.63) is 82.0 Å². The van der Waals surface area contributed by atoms with Crippen LogP contribution in [-0.2, 0) is 6.61 Å². The Morgan fingerprint density at radius 1 is 1.11 bits per heavy atom. The van der Waals surface area contributed by atoms with Crippen molar-refractivity contribution in [1.29, 1.82) is 0 Å². The van der Waals surface area contributed by atoms with Gasteiger partial charge in [0.05, 0.1) is 7.11 Å². The molecule has 0 fully saturated rings. The molecule has 0 saturated carbocycles. The van der Waals surface area contributed by atoms with Crippen molar-refractivity contribution < 1.29 is 14.3 Å². The number of nitrogens with zero attached hydrogens (tertiary/aromatic N) is 1. The molecule has 1 aromatic heterocycles. The molecule has 0 unspecified atom stereocenters. The summed E-state index contributed by atoms with van der Waals surface area (Å²) in [5.41, 5.74) is 2.40. The van der Waals surface area contributed by atoms with Crippen molar-refractivity contribution in [3.63, 3.8) is 0 Å². The average molecular weight is 427 g/mol. The zero-order valence-electron chi connectivity index (χ0n) is 15.0. The molecule has 2 aromatic carbocycles. The Bertz CT molecular complexity index is 942. The molecule has 1 amide bonds. The first kappa shape index (κ1) is 18.9. The summed E-state index contributed by atoms with van der Waals surface area (Å²) in [6.07, 6.45) is 1.64. The van der Waals surface area contributed by atoms with E-state index in [9.17, 15) is 4.79 Å². The number of ether oxygens (including phenoxy) is 2. The Labute approximate surface area is 166 Å². The normalized spacial score (nSPS) is 10.3. The van der Waals surface area contributed by atoms with E-state index in [4.69, 9.17) is 9.47 Å². The summed E-state index contributed by atoms with van der Waals surface area (Å²) in [5, 5.41) is 2.81. The van der Waals surface area contributed by atoms with Crippen LogP contribution in [0, 0.1) is 6.92 Å². The fourth-order valence-corrected chi connectivity index (χ4v) is 2.73. The van der Waals surface area contributed by atoms with Crippen LogP contribution in [0.1, 0.15) is 21.5 Å². The van der Waals surface area contributed by atoms with Gasteiger partial charge >= 0.3 is 0 Å². The Morgan fingerprint density at radius 3 is 2.59 bits per heavy atom. The summed E-state index contributed by atoms with van der Waals surface area (Å²) in [5.74, 6) is 1.36. The number of aromatic nitrogens is 1. The minimum absolute atomic E-state index is 0.255. The number of carbonyl (C=O) groups excluding carboxylic acids is 1. The van der Waals surface area contributed by atoms with Gasteiger partial charge in [0.2, 0.25) is 0 Å². The number of pyridine rings is 1. The number of aryl methyl sites for hydroxylation is 1. The predicted molar refractivity (Wildman–Crippen MR) is 108 cm³/mol. The molecule has 0 spiro atoms. The van der Waals surface area contributed by atoms with Gasteiger partial charge in [-0.1, -0.05) is 34.1 Å². The van der Waals surface area contributed by atoms with E-state index >= 15 is 0 Å². The number of nitrogens with one attached hydrogen (secondary N) is 1. The van der Waals surface area contributed by atoms with Gasteiger partial charge in [-0.25, -0.2) is 4.98 Å². The molecule has 0 aliphatic rings. The second-order valence-electron chi connectivity index (χ2n) is 5.90. The van der Waals surface area contributed by atoms with E-state index in [1.54, 1.807) is 31.5 Å². The lowest BCUT2D eigenvalue weighted by molar-refractivity contribution is 0.102. The van der Waals surface area contributed by atoms with Crippen molar-refractivity contribution >= 4 is 27.7 Å². The van der Waals surface area contributed by atoms with Crippen LogP contribution in [0.15, 0.2) is 65.3 Å². The third kappa shape index (κ3) is 4.86. The van der Waals surface area contributed by atoms with Crippen LogP contribution in [0.5, 0.6) is 11.5 Å². The van der Waals surface area contributed by atoms with Gasteiger partial charge in [-0.3, -0.25) is 4.79 Å². The first-order chi connectivity index (χ1) is 13.1. The van der Waals surface area contributed by atoms with Crippen LogP contribution in [0.4, 0.5) is 5.82 Å². The molecule has 0 bridgehead atoms. The lowest BCUT2D eigenvalue weighted by Crippen LogP contribution is -2.14. The summed E-state index contributed by atoms with van der Waals surface area (Å²) in [6, 6.07) is 16.7. The van der Waals surface area contributed by atoms with E-state index in [0.29, 0.717) is 29.5 Å². The molecule has 0 atom stereocenters. The Hall–Kier alpha value is -2.86. The summed E-state index contributed by atoms with van der Waals surface area (Å²) in [4.78, 5) is 16.7. The van der Waals surface area contributed by atoms with Gasteiger partial charge in [-0.15, -0.1) is 0 Å². The van der Waals surface area contributed by atoms with E-state index in [1.165, 1.54) is 0 Å². The Morgan fingerprint density at radius 2 is 1.89 bits per heavy atom. The van der Waals surface area contributed by atoms with Gasteiger partial charge in [0.15, 0.2) is 11.5 Å². The Balaban J connectivity index is 1.72. The molecule has 0 radical (unpaired) electrons. The first-order valence-electron chi connectivity index (χ1n) is 8.35. The summed E-state index contributed by atoms with van der Waals surface area (Å²) < 4.78 is 12.2. The molecule has 138 valence electrons. The van der Waals surface area contributed by atoms with Crippen LogP contribution < -0.4 is 14.8 Å². The highest BCUT2D eigenvalue weighted by molar-refractivity contribution is 9.10. The Kier molecular flexibility index (Phi) is 6.08. The van der Waals surface area contributed by atoms with Crippen LogP contribution in [0.2, 0.25) is 0 Å². The van der Waals surface area contributed by atoms with Crippen molar-refractivity contribution in [1.82, 2.24) is 4.98 Å². The van der Waals surface area contributed by atoms with Gasteiger partial charge < -0.3 is 14.8 Å². The fourth-order valence-electron chi connectivity index (χ4n) is 2.47. The van der Waals surface area contributed by atoms with Crippen LogP contribution in [0.3, 0.4) is 0 Å². The van der Waals surface area contributed by atoms with E-state index in [1.807, 2.05) is 43.3 Å². The quantitative estimate of drug-likeness (QED) is 0.602. The largest absolute Gasteiger partial charge is 0.493 e. The van der Waals surface area contributed by atoms with E-state index in [2.05, 4.69) is 26.2 Å². The van der Waals surface area contributed by atoms with E-state index in [-0.39, 0.29) is 5.91 Å². The maximum Gasteiger partial charge on any atom is 0.256 e. The zero-order chi connectivity index (χ0) is 19.2. The number of anilines is 1. The third-order valence-corrected chi connectivity index (χ3v) is 4.50. The van der Waals surface area contributed by atoms with Gasteiger partial charge in [-0.2, -0.15) is 0 Å². The topological polar surface area (TPSA) is 60.5 Å². The maximum absolute atomic E-state index is 12.5. The fraction of sp³-hybridized carbons (Fsp3) is 0.143. The van der Waals surface area contributed by atoms with Crippen LogP contribution in [0.25, 0.3) is 0 Å². The molecule has 5 nitrogen and oxygen atoms in total. The molecular weight excluding hydrogens is 408 g/mol. The van der Waals surface area contributed by atoms with Gasteiger partial charge in [0.1, 0.15) is 12.4 Å². The summed E-state index contributed by atoms with van der Waals surface area (Å²) in [7, 11) is 1.55. The van der Waals surface area contributed by atoms with Crippen molar-refractivity contribution in [2.24, 2.45) is 0 Å². The first-order valence-corrected chi connectivity index (χ1v) is 9.14. The smallest absolute Gasteiger partial charge is 0.256 e. The number of methoxy groups -OCH3 is 1. The number of benzene rings is 2. The molecule has 1 N–H and O–H groups in total. The molecule has 3 rings (SSSR count). The highest BCUT2D eigenvalue weighted by Crippen LogP contribution is 2.29. The minimum Gasteiger partial charge on any atom is -0.493 e. The molecule has 0 aliphatic carbocycles. The molecule has 1 heterocycles. The number of amides is 1. The molecule has 6 heteroatoms. The van der Waals surface area contributed by atoms with Gasteiger partial charge in [0.25, 0.3) is 5.91 Å². The summed E-state index contributed by atoms with van der Waals surface area (Å²) in [6.45, 7) is 2.30. The molecule has 0 saturated heterocycles. The van der Waals surface area contributed by atoms with Crippen LogP contribution in [-0.4, -0.2) is 18.0 Å². The maximum atomic E-state index is 12.5. The minimum atomic E-state index is -0.255. The predicted octanol–water partition coefficient (Wildman–Crippen LogP) is 4.99. The van der Waals surface area contributed by atoms with Gasteiger partial charge in [0, 0.05) is 16.2 Å². The standard InChI is InChI=1S/C21H19BrN2O3/c1-14-4-3-11-23-20(14)24-21(25)16-7-10-18(19(12-16)26-2)27-13-15-5-8-17(22)9-6-15/h3-12H,13H2,1-2H3,(H,23,24,25). The highest BCUT2D eigenvalue weighted by atomic mass is 79.9. The number of carbonyl (C=O) groups is 1. The number of hydrogen-bond donors (Lipinski definition) is 1. The second-order valence-corrected chi connectivity index (χ2v) is 6.82. The summed E-state index contributed by atoms with van der Waals surface area (Å²) >= 11 is 3.41. The number of halogens is 1. The van der Waals surface area contributed by atoms with E-state index in [0.717, 1.165) is 15.6 Å². The lowest BCUT2D eigenvalue weighted by atomic mass is 10.1. The lowest BCUT2D eigenvalue weighted by Gasteiger charge is -2.13. The molecule has 27 heavy (non-hydrogen) atoms. The average Bonchev–Trinajstić information content (AvgIpc) is 2.69. The SMILES string of the molecule is COc1cc(C(=O)Nc2ncccc2C)ccc1OCc1ccc(Br)cc1. The van der Waals surface area contributed by atoms with E-state index < -0.39 is 0 Å². The van der Waals surface area contributed by atoms with Crippen molar-refractivity contribution in [2.45, 2.75) is 13.5 Å². The molecule has 3 aromatic rings. The zero-order valence-corrected chi connectivity index (χ0v) is 16.6.